The first-order chi connectivity index (χ1) is 16.3. The van der Waals surface area contributed by atoms with E-state index in [2.05, 4.69) is 10.1 Å². The van der Waals surface area contributed by atoms with Crippen molar-refractivity contribution in [1.82, 2.24) is 9.47 Å². The third-order valence-corrected chi connectivity index (χ3v) is 6.32. The number of anilines is 1. The van der Waals surface area contributed by atoms with Gasteiger partial charge < -0.3 is 19.5 Å². The quantitative estimate of drug-likeness (QED) is 0.583. The lowest BCUT2D eigenvalue weighted by molar-refractivity contribution is -0.274. The molecule has 0 spiro atoms. The van der Waals surface area contributed by atoms with Crippen LogP contribution < -0.4 is 15.6 Å². The summed E-state index contributed by atoms with van der Waals surface area (Å²) in [6.45, 7) is 1.55. The molecule has 5 rings (SSSR count). The van der Waals surface area contributed by atoms with Crippen LogP contribution in [0.5, 0.6) is 5.75 Å². The van der Waals surface area contributed by atoms with Crippen molar-refractivity contribution in [2.45, 2.75) is 25.2 Å². The highest BCUT2D eigenvalue weighted by atomic mass is 19.4. The van der Waals surface area contributed by atoms with Crippen LogP contribution in [0, 0.1) is 5.92 Å². The average molecular weight is 469 g/mol. The van der Waals surface area contributed by atoms with Gasteiger partial charge in [-0.25, -0.2) is 4.79 Å². The molecule has 2 aliphatic rings. The number of hydrogen-bond acceptors (Lipinski definition) is 3. The van der Waals surface area contributed by atoms with E-state index in [4.69, 9.17) is 0 Å². The number of ether oxygens (including phenoxy) is 1. The number of urea groups is 1. The van der Waals surface area contributed by atoms with Crippen LogP contribution in [0.15, 0.2) is 71.5 Å². The van der Waals surface area contributed by atoms with Gasteiger partial charge in [0.15, 0.2) is 0 Å². The number of carbonyl (C=O) groups is 1. The van der Waals surface area contributed by atoms with E-state index in [0.717, 1.165) is 17.8 Å². The Balaban J connectivity index is 1.36. The molecule has 2 aliphatic heterocycles. The SMILES string of the molecule is O=C(Nc1ccccc1)N1C[C@H]2C[C@H](C1)c1ccc(-c3ccc(OC(F)(F)F)cc3)c(=O)n1C2. The Kier molecular flexibility index (Phi) is 5.55. The fourth-order valence-electron chi connectivity index (χ4n) is 4.89. The summed E-state index contributed by atoms with van der Waals surface area (Å²) in [5, 5.41) is 2.92. The topological polar surface area (TPSA) is 63.6 Å². The molecule has 1 aromatic heterocycles. The fourth-order valence-corrected chi connectivity index (χ4v) is 4.89. The molecule has 2 bridgehead atoms. The maximum Gasteiger partial charge on any atom is 0.573 e. The largest absolute Gasteiger partial charge is 0.573 e. The van der Waals surface area contributed by atoms with E-state index in [1.54, 1.807) is 15.5 Å². The van der Waals surface area contributed by atoms with Crippen LogP contribution in [0.4, 0.5) is 23.7 Å². The van der Waals surface area contributed by atoms with Crippen molar-refractivity contribution < 1.29 is 22.7 Å². The van der Waals surface area contributed by atoms with Gasteiger partial charge in [-0.2, -0.15) is 0 Å². The highest BCUT2D eigenvalue weighted by molar-refractivity contribution is 5.89. The van der Waals surface area contributed by atoms with Crippen LogP contribution in [-0.4, -0.2) is 34.9 Å². The minimum absolute atomic E-state index is 0.0401. The van der Waals surface area contributed by atoms with Gasteiger partial charge in [0.25, 0.3) is 5.56 Å². The minimum atomic E-state index is -4.77. The lowest BCUT2D eigenvalue weighted by Crippen LogP contribution is -2.50. The second kappa shape index (κ2) is 8.55. The molecule has 3 aromatic rings. The molecule has 176 valence electrons. The number of likely N-dealkylation sites (tertiary alicyclic amines) is 1. The van der Waals surface area contributed by atoms with Crippen molar-refractivity contribution >= 4 is 11.7 Å². The number of amides is 2. The maximum absolute atomic E-state index is 13.3. The average Bonchev–Trinajstić information content (AvgIpc) is 2.80. The van der Waals surface area contributed by atoms with Gasteiger partial charge in [-0.05, 0) is 54.3 Å². The normalized spacial score (nSPS) is 19.3. The van der Waals surface area contributed by atoms with Crippen molar-refractivity contribution in [3.8, 4) is 16.9 Å². The summed E-state index contributed by atoms with van der Waals surface area (Å²) in [6.07, 6.45) is -3.87. The molecule has 0 saturated carbocycles. The number of carbonyl (C=O) groups excluding carboxylic acids is 1. The van der Waals surface area contributed by atoms with Crippen LogP contribution in [0.25, 0.3) is 11.1 Å². The second-order valence-electron chi connectivity index (χ2n) is 8.66. The van der Waals surface area contributed by atoms with Gasteiger partial charge in [0.2, 0.25) is 0 Å². The number of pyridine rings is 1. The Morgan fingerprint density at radius 1 is 0.941 bits per heavy atom. The molecule has 6 nitrogen and oxygen atoms in total. The molecule has 2 amide bonds. The molecule has 1 fully saturated rings. The minimum Gasteiger partial charge on any atom is -0.406 e. The number of nitrogens with zero attached hydrogens (tertiary/aromatic N) is 2. The third kappa shape index (κ3) is 4.50. The zero-order chi connectivity index (χ0) is 23.9. The van der Waals surface area contributed by atoms with Crippen molar-refractivity contribution in [2.75, 3.05) is 18.4 Å². The monoisotopic (exact) mass is 469 g/mol. The van der Waals surface area contributed by atoms with Gasteiger partial charge >= 0.3 is 12.4 Å². The van der Waals surface area contributed by atoms with Crippen molar-refractivity contribution in [3.05, 3.63) is 82.8 Å². The number of para-hydroxylation sites is 1. The van der Waals surface area contributed by atoms with Crippen LogP contribution >= 0.6 is 0 Å². The maximum atomic E-state index is 13.3. The molecule has 3 heterocycles. The Morgan fingerprint density at radius 3 is 2.38 bits per heavy atom. The Hall–Kier alpha value is -3.75. The van der Waals surface area contributed by atoms with E-state index in [9.17, 15) is 22.8 Å². The molecule has 9 heteroatoms. The zero-order valence-corrected chi connectivity index (χ0v) is 18.1. The predicted molar refractivity (Wildman–Crippen MR) is 121 cm³/mol. The molecule has 34 heavy (non-hydrogen) atoms. The molecule has 0 unspecified atom stereocenters. The predicted octanol–water partition coefficient (Wildman–Crippen LogP) is 5.07. The number of halogens is 3. The van der Waals surface area contributed by atoms with E-state index in [1.807, 2.05) is 36.4 Å². The molecule has 0 radical (unpaired) electrons. The smallest absolute Gasteiger partial charge is 0.406 e. The number of benzene rings is 2. The highest BCUT2D eigenvalue weighted by Crippen LogP contribution is 2.36. The molecule has 0 aliphatic carbocycles. The molecule has 1 saturated heterocycles. The van der Waals surface area contributed by atoms with Gasteiger partial charge in [-0.15, -0.1) is 13.2 Å². The molecule has 2 atom stereocenters. The van der Waals surface area contributed by atoms with Crippen LogP contribution in [-0.2, 0) is 6.54 Å². The highest BCUT2D eigenvalue weighted by Gasteiger charge is 2.37. The summed E-state index contributed by atoms with van der Waals surface area (Å²) in [6, 6.07) is 18.0. The van der Waals surface area contributed by atoms with E-state index in [0.29, 0.717) is 30.8 Å². The van der Waals surface area contributed by atoms with Crippen LogP contribution in [0.1, 0.15) is 18.0 Å². The second-order valence-corrected chi connectivity index (χ2v) is 8.66. The van der Waals surface area contributed by atoms with Gasteiger partial charge in [0, 0.05) is 42.5 Å². The van der Waals surface area contributed by atoms with Crippen LogP contribution in [0.2, 0.25) is 0 Å². The number of alkyl halides is 3. The van der Waals surface area contributed by atoms with Crippen molar-refractivity contribution in [1.29, 1.82) is 0 Å². The third-order valence-electron chi connectivity index (χ3n) is 6.32. The number of rotatable bonds is 3. The molecule has 1 N–H and O–H groups in total. The van der Waals surface area contributed by atoms with Gasteiger partial charge in [-0.3, -0.25) is 4.79 Å². The number of fused-ring (bicyclic) bond motifs is 4. The summed E-state index contributed by atoms with van der Waals surface area (Å²) < 4.78 is 42.9. The van der Waals surface area contributed by atoms with Crippen molar-refractivity contribution in [2.24, 2.45) is 5.92 Å². The van der Waals surface area contributed by atoms with Gasteiger partial charge in [-0.1, -0.05) is 30.3 Å². The van der Waals surface area contributed by atoms with E-state index >= 15 is 0 Å². The first kappa shape index (κ1) is 22.1. The first-order valence-electron chi connectivity index (χ1n) is 11.0. The summed E-state index contributed by atoms with van der Waals surface area (Å²) in [7, 11) is 0. The standard InChI is InChI=1S/C25H22F3N3O3/c26-25(27,28)34-20-8-6-17(7-9-20)21-10-11-22-18-12-16(14-31(22)23(21)32)13-30(15-18)24(33)29-19-4-2-1-3-5-19/h1-11,16,18H,12-15H2,(H,29,33)/t16-,18-/m1/s1. The summed E-state index contributed by atoms with van der Waals surface area (Å²) >= 11 is 0. The number of aromatic nitrogens is 1. The summed E-state index contributed by atoms with van der Waals surface area (Å²) in [5.74, 6) is -0.153. The van der Waals surface area contributed by atoms with E-state index in [-0.39, 0.29) is 29.2 Å². The van der Waals surface area contributed by atoms with E-state index < -0.39 is 6.36 Å². The van der Waals surface area contributed by atoms with Gasteiger partial charge in [0.1, 0.15) is 5.75 Å². The van der Waals surface area contributed by atoms with Gasteiger partial charge in [0.05, 0.1) is 0 Å². The fraction of sp³-hybridized carbons (Fsp3) is 0.280. The zero-order valence-electron chi connectivity index (χ0n) is 18.1. The lowest BCUT2D eigenvalue weighted by atomic mass is 9.83. The lowest BCUT2D eigenvalue weighted by Gasteiger charge is -2.42. The van der Waals surface area contributed by atoms with Crippen LogP contribution in [0.3, 0.4) is 0 Å². The number of hydrogen-bond donors (Lipinski definition) is 1. The van der Waals surface area contributed by atoms with E-state index in [1.165, 1.54) is 24.3 Å². The molecular weight excluding hydrogens is 447 g/mol. The molecule has 2 aromatic carbocycles. The van der Waals surface area contributed by atoms with Crippen molar-refractivity contribution in [3.63, 3.8) is 0 Å². The Labute approximate surface area is 193 Å². The summed E-state index contributed by atoms with van der Waals surface area (Å²) in [5.41, 5.74) is 2.37. The number of piperidine rings is 1. The molecular formula is C25H22F3N3O3. The Bertz CT molecular complexity index is 1260. The first-order valence-corrected chi connectivity index (χ1v) is 11.0. The number of nitrogens with one attached hydrogen (secondary N) is 1. The summed E-state index contributed by atoms with van der Waals surface area (Å²) in [4.78, 5) is 27.9. The Morgan fingerprint density at radius 2 is 1.68 bits per heavy atom.